The number of nitrogens with zero attached hydrogens (tertiary/aromatic N) is 3. The predicted molar refractivity (Wildman–Crippen MR) is 201 cm³/mol. The van der Waals surface area contributed by atoms with Crippen molar-refractivity contribution in [1.82, 2.24) is 9.97 Å². The molecular formula is C44H32N4. The summed E-state index contributed by atoms with van der Waals surface area (Å²) in [5.74, 6) is 1.11. The predicted octanol–water partition coefficient (Wildman–Crippen LogP) is 10.3. The van der Waals surface area contributed by atoms with Crippen LogP contribution in [0.1, 0.15) is 16.7 Å². The lowest BCUT2D eigenvalue weighted by atomic mass is 9.97. The Balaban J connectivity index is 1.21. The summed E-state index contributed by atoms with van der Waals surface area (Å²) in [7, 11) is 0. The third-order valence-electron chi connectivity index (χ3n) is 8.76. The van der Waals surface area contributed by atoms with Crippen molar-refractivity contribution in [2.24, 2.45) is 10.7 Å². The fraction of sp³-hybridized carbons (Fsp3) is 0.0227. The standard InChI is InChI=1S/C44H32N4/c45-43(46-40(33-16-5-2-6-17-33)29-22-30-12-3-1-4-13-30)34-23-25-35(26-24-34)44-47-41-37-20-10-8-15-32(37)27-28-39(41)42(48-44)38-21-11-18-31-14-7-9-19-36(31)38/h1-21,23-29H,22H2,(H2,45,46)/b40-29-. The fourth-order valence-electron chi connectivity index (χ4n) is 6.28. The number of nitrogens with two attached hydrogens (primary N) is 1. The maximum atomic E-state index is 6.66. The second-order valence-electron chi connectivity index (χ2n) is 11.8. The Kier molecular flexibility index (Phi) is 7.73. The lowest BCUT2D eigenvalue weighted by molar-refractivity contribution is 1.23. The lowest BCUT2D eigenvalue weighted by Crippen LogP contribution is -2.13. The average molecular weight is 617 g/mol. The van der Waals surface area contributed by atoms with E-state index >= 15 is 0 Å². The van der Waals surface area contributed by atoms with E-state index in [1.54, 1.807) is 0 Å². The molecule has 8 rings (SSSR count). The summed E-state index contributed by atoms with van der Waals surface area (Å²) in [4.78, 5) is 15.3. The van der Waals surface area contributed by atoms with Crippen molar-refractivity contribution in [2.75, 3.05) is 0 Å². The van der Waals surface area contributed by atoms with Gasteiger partial charge in [-0.2, -0.15) is 0 Å². The zero-order valence-electron chi connectivity index (χ0n) is 26.3. The van der Waals surface area contributed by atoms with Gasteiger partial charge in [0.25, 0.3) is 0 Å². The molecule has 0 aliphatic rings. The van der Waals surface area contributed by atoms with E-state index in [4.69, 9.17) is 20.7 Å². The first-order valence-electron chi connectivity index (χ1n) is 16.1. The van der Waals surface area contributed by atoms with E-state index in [2.05, 4.69) is 121 Å². The molecule has 0 saturated heterocycles. The molecular weight excluding hydrogens is 585 g/mol. The molecule has 1 aromatic heterocycles. The molecule has 0 fully saturated rings. The van der Waals surface area contributed by atoms with Crippen molar-refractivity contribution in [3.05, 3.63) is 187 Å². The maximum absolute atomic E-state index is 6.66. The van der Waals surface area contributed by atoms with Crippen LogP contribution in [0.15, 0.2) is 175 Å². The van der Waals surface area contributed by atoms with E-state index in [0.29, 0.717) is 11.7 Å². The largest absolute Gasteiger partial charge is 0.383 e. The molecule has 1 heterocycles. The van der Waals surface area contributed by atoms with Crippen molar-refractivity contribution < 1.29 is 0 Å². The van der Waals surface area contributed by atoms with Gasteiger partial charge in [0.15, 0.2) is 5.82 Å². The molecule has 0 amide bonds. The van der Waals surface area contributed by atoms with Crippen LogP contribution in [0, 0.1) is 0 Å². The van der Waals surface area contributed by atoms with Crippen molar-refractivity contribution in [3.63, 3.8) is 0 Å². The molecule has 0 saturated carbocycles. The number of aliphatic imine (C=N–C) groups is 1. The molecule has 0 aliphatic carbocycles. The highest BCUT2D eigenvalue weighted by Crippen LogP contribution is 2.36. The number of hydrogen-bond acceptors (Lipinski definition) is 3. The molecule has 7 aromatic carbocycles. The monoisotopic (exact) mass is 616 g/mol. The zero-order chi connectivity index (χ0) is 32.3. The van der Waals surface area contributed by atoms with Gasteiger partial charge in [0, 0.05) is 27.5 Å². The van der Waals surface area contributed by atoms with Gasteiger partial charge in [-0.05, 0) is 39.8 Å². The van der Waals surface area contributed by atoms with Gasteiger partial charge in [-0.3, -0.25) is 0 Å². The quantitative estimate of drug-likeness (QED) is 0.110. The summed E-state index contributed by atoms with van der Waals surface area (Å²) in [5.41, 5.74) is 14.4. The lowest BCUT2D eigenvalue weighted by Gasteiger charge is -2.13. The topological polar surface area (TPSA) is 64.2 Å². The molecule has 48 heavy (non-hydrogen) atoms. The van der Waals surface area contributed by atoms with E-state index in [9.17, 15) is 0 Å². The number of amidine groups is 1. The van der Waals surface area contributed by atoms with Crippen LogP contribution in [0.2, 0.25) is 0 Å². The first kappa shape index (κ1) is 29.0. The van der Waals surface area contributed by atoms with Crippen molar-refractivity contribution in [1.29, 1.82) is 0 Å². The second-order valence-corrected chi connectivity index (χ2v) is 11.8. The van der Waals surface area contributed by atoms with E-state index in [1.165, 1.54) is 10.9 Å². The van der Waals surface area contributed by atoms with Crippen molar-refractivity contribution in [3.8, 4) is 22.6 Å². The Labute approximate surface area is 279 Å². The van der Waals surface area contributed by atoms with Crippen LogP contribution >= 0.6 is 0 Å². The van der Waals surface area contributed by atoms with Crippen LogP contribution in [-0.2, 0) is 6.42 Å². The first-order valence-corrected chi connectivity index (χ1v) is 16.1. The minimum atomic E-state index is 0.451. The Morgan fingerprint density at radius 1 is 0.542 bits per heavy atom. The van der Waals surface area contributed by atoms with Gasteiger partial charge in [-0.15, -0.1) is 0 Å². The highest BCUT2D eigenvalue weighted by atomic mass is 14.9. The molecule has 0 unspecified atom stereocenters. The SMILES string of the molecule is NC(=N/C(=C\Cc1ccccc1)c1ccccc1)c1ccc(-c2nc(-c3cccc4ccccc34)c3ccc4ccccc4c3n2)cc1. The van der Waals surface area contributed by atoms with Crippen LogP contribution < -0.4 is 5.73 Å². The summed E-state index contributed by atoms with van der Waals surface area (Å²) in [6, 6.07) is 56.2. The molecule has 4 nitrogen and oxygen atoms in total. The molecule has 0 bridgehead atoms. The second kappa shape index (κ2) is 12.8. The summed E-state index contributed by atoms with van der Waals surface area (Å²) in [6.07, 6.45) is 2.89. The maximum Gasteiger partial charge on any atom is 0.160 e. The summed E-state index contributed by atoms with van der Waals surface area (Å²) in [6.45, 7) is 0. The van der Waals surface area contributed by atoms with E-state index in [-0.39, 0.29) is 0 Å². The average Bonchev–Trinajstić information content (AvgIpc) is 3.16. The summed E-state index contributed by atoms with van der Waals surface area (Å²) < 4.78 is 0. The third kappa shape index (κ3) is 5.72. The van der Waals surface area contributed by atoms with Gasteiger partial charge >= 0.3 is 0 Å². The minimum absolute atomic E-state index is 0.451. The van der Waals surface area contributed by atoms with Gasteiger partial charge in [0.05, 0.1) is 16.9 Å². The van der Waals surface area contributed by atoms with Crippen LogP contribution in [0.4, 0.5) is 0 Å². The van der Waals surface area contributed by atoms with Crippen LogP contribution in [0.5, 0.6) is 0 Å². The van der Waals surface area contributed by atoms with Crippen molar-refractivity contribution >= 4 is 44.0 Å². The Morgan fingerprint density at radius 2 is 1.19 bits per heavy atom. The van der Waals surface area contributed by atoms with E-state index in [1.807, 2.05) is 48.5 Å². The number of fused-ring (bicyclic) bond motifs is 4. The molecule has 0 spiro atoms. The summed E-state index contributed by atoms with van der Waals surface area (Å²) >= 11 is 0. The number of hydrogen-bond donors (Lipinski definition) is 1. The van der Waals surface area contributed by atoms with Crippen LogP contribution in [0.3, 0.4) is 0 Å². The van der Waals surface area contributed by atoms with Gasteiger partial charge in [-0.1, -0.05) is 164 Å². The smallest absolute Gasteiger partial charge is 0.160 e. The number of rotatable bonds is 7. The third-order valence-corrected chi connectivity index (χ3v) is 8.76. The van der Waals surface area contributed by atoms with E-state index < -0.39 is 0 Å². The zero-order valence-corrected chi connectivity index (χ0v) is 26.3. The van der Waals surface area contributed by atoms with Gasteiger partial charge in [0.1, 0.15) is 5.84 Å². The van der Waals surface area contributed by atoms with Gasteiger partial charge < -0.3 is 5.73 Å². The number of benzene rings is 7. The Bertz CT molecular complexity index is 2460. The summed E-state index contributed by atoms with van der Waals surface area (Å²) in [5, 5.41) is 5.61. The Hall–Kier alpha value is -6.39. The molecule has 0 radical (unpaired) electrons. The number of allylic oxidation sites excluding steroid dienone is 1. The van der Waals surface area contributed by atoms with Gasteiger partial charge in [-0.25, -0.2) is 15.0 Å². The molecule has 2 N–H and O–H groups in total. The number of aromatic nitrogens is 2. The molecule has 8 aromatic rings. The highest BCUT2D eigenvalue weighted by molar-refractivity contribution is 6.12. The van der Waals surface area contributed by atoms with E-state index in [0.717, 1.165) is 67.1 Å². The molecule has 4 heteroatoms. The normalized spacial score (nSPS) is 12.2. The fourth-order valence-corrected chi connectivity index (χ4v) is 6.28. The molecule has 0 aliphatic heterocycles. The highest BCUT2D eigenvalue weighted by Gasteiger charge is 2.16. The van der Waals surface area contributed by atoms with Crippen LogP contribution in [0.25, 0.3) is 60.8 Å². The minimum Gasteiger partial charge on any atom is -0.383 e. The van der Waals surface area contributed by atoms with Crippen LogP contribution in [-0.4, -0.2) is 15.8 Å². The molecule has 0 atom stereocenters. The first-order chi connectivity index (χ1) is 23.7. The Morgan fingerprint density at radius 3 is 1.96 bits per heavy atom. The van der Waals surface area contributed by atoms with Crippen molar-refractivity contribution in [2.45, 2.75) is 6.42 Å². The van der Waals surface area contributed by atoms with Gasteiger partial charge in [0.2, 0.25) is 0 Å². The molecule has 228 valence electrons.